The van der Waals surface area contributed by atoms with E-state index in [0.717, 1.165) is 18.8 Å². The average molecular weight is 367 g/mol. The lowest BCUT2D eigenvalue weighted by Gasteiger charge is -2.35. The van der Waals surface area contributed by atoms with Crippen LogP contribution in [0.2, 0.25) is 0 Å². The maximum Gasteiger partial charge on any atom is 0.228 e. The van der Waals surface area contributed by atoms with Crippen molar-refractivity contribution in [2.75, 3.05) is 0 Å². The smallest absolute Gasteiger partial charge is 0.228 e. The van der Waals surface area contributed by atoms with Crippen LogP contribution in [0.25, 0.3) is 0 Å². The summed E-state index contributed by atoms with van der Waals surface area (Å²) in [4.78, 5) is 12.3. The fourth-order valence-electron chi connectivity index (χ4n) is 2.76. The van der Waals surface area contributed by atoms with Crippen LogP contribution in [0.3, 0.4) is 0 Å². The molecule has 0 bridgehead atoms. The van der Waals surface area contributed by atoms with E-state index in [2.05, 4.69) is 51.0 Å². The van der Waals surface area contributed by atoms with Gasteiger partial charge in [-0.2, -0.15) is 0 Å². The van der Waals surface area contributed by atoms with Crippen LogP contribution in [0, 0.1) is 17.3 Å². The molecule has 2 saturated carbocycles. The van der Waals surface area contributed by atoms with Gasteiger partial charge in [-0.05, 0) is 31.6 Å². The summed E-state index contributed by atoms with van der Waals surface area (Å²) in [6, 6.07) is 0.361. The lowest BCUT2D eigenvalue weighted by atomic mass is 9.78. The number of halogens is 2. The molecule has 1 N–H and O–H groups in total. The normalized spacial score (nSPS) is 44.2. The number of amides is 1. The van der Waals surface area contributed by atoms with Gasteiger partial charge >= 0.3 is 0 Å². The maximum atomic E-state index is 12.3. The molecule has 0 aromatic rings. The maximum absolute atomic E-state index is 12.3. The molecule has 0 unspecified atom stereocenters. The Labute approximate surface area is 121 Å². The van der Waals surface area contributed by atoms with Crippen LogP contribution in [-0.4, -0.2) is 15.2 Å². The van der Waals surface area contributed by atoms with E-state index in [4.69, 9.17) is 0 Å². The van der Waals surface area contributed by atoms with Gasteiger partial charge in [0.2, 0.25) is 5.91 Å². The predicted octanol–water partition coefficient (Wildman–Crippen LogP) is 3.82. The molecule has 0 saturated heterocycles. The SMILES string of the molecule is C[C@H]1[C@@H](NC(=O)[C@]2(C)CC2(Br)Br)CCC[C@@H]1C. The largest absolute Gasteiger partial charge is 0.353 e. The molecule has 1 amide bonds. The first-order valence-electron chi connectivity index (χ1n) is 6.47. The van der Waals surface area contributed by atoms with Crippen LogP contribution in [-0.2, 0) is 4.79 Å². The molecule has 2 fully saturated rings. The number of carbonyl (C=O) groups excluding carboxylic acids is 1. The third-order valence-electron chi connectivity index (χ3n) is 4.78. The summed E-state index contributed by atoms with van der Waals surface area (Å²) in [6.07, 6.45) is 4.53. The van der Waals surface area contributed by atoms with Crippen LogP contribution in [0.15, 0.2) is 0 Å². The highest BCUT2D eigenvalue weighted by Crippen LogP contribution is 2.66. The monoisotopic (exact) mass is 365 g/mol. The lowest BCUT2D eigenvalue weighted by molar-refractivity contribution is -0.127. The van der Waals surface area contributed by atoms with Gasteiger partial charge in [-0.15, -0.1) is 0 Å². The molecule has 0 aromatic carbocycles. The molecule has 2 aliphatic rings. The zero-order chi connectivity index (χ0) is 12.8. The molecule has 98 valence electrons. The summed E-state index contributed by atoms with van der Waals surface area (Å²) in [7, 11) is 0. The van der Waals surface area contributed by atoms with Crippen molar-refractivity contribution >= 4 is 37.8 Å². The van der Waals surface area contributed by atoms with Gasteiger partial charge in [0, 0.05) is 6.04 Å². The third kappa shape index (κ3) is 2.44. The summed E-state index contributed by atoms with van der Waals surface area (Å²) in [5.74, 6) is 1.51. The third-order valence-corrected chi connectivity index (χ3v) is 7.09. The number of rotatable bonds is 2. The van der Waals surface area contributed by atoms with E-state index in [1.165, 1.54) is 12.8 Å². The second-order valence-corrected chi connectivity index (χ2v) is 9.83. The summed E-state index contributed by atoms with van der Waals surface area (Å²) in [6.45, 7) is 6.57. The van der Waals surface area contributed by atoms with Gasteiger partial charge in [-0.1, -0.05) is 58.5 Å². The highest BCUT2D eigenvalue weighted by atomic mass is 79.9. The molecular formula is C13H21Br2NO. The van der Waals surface area contributed by atoms with E-state index in [0.29, 0.717) is 12.0 Å². The fraction of sp³-hybridized carbons (Fsp3) is 0.923. The summed E-state index contributed by atoms with van der Waals surface area (Å²) >= 11 is 7.11. The fourth-order valence-corrected chi connectivity index (χ4v) is 4.24. The first-order valence-corrected chi connectivity index (χ1v) is 8.05. The summed E-state index contributed by atoms with van der Waals surface area (Å²) in [5.41, 5.74) is -0.284. The van der Waals surface area contributed by atoms with Gasteiger partial charge in [0.15, 0.2) is 0 Å². The Morgan fingerprint density at radius 1 is 1.29 bits per heavy atom. The van der Waals surface area contributed by atoms with Crippen LogP contribution >= 0.6 is 31.9 Å². The van der Waals surface area contributed by atoms with Gasteiger partial charge in [-0.3, -0.25) is 4.79 Å². The summed E-state index contributed by atoms with van der Waals surface area (Å²) in [5, 5.41) is 3.26. The van der Waals surface area contributed by atoms with Gasteiger partial charge in [-0.25, -0.2) is 0 Å². The highest BCUT2D eigenvalue weighted by Gasteiger charge is 2.66. The van der Waals surface area contributed by atoms with Crippen LogP contribution in [0.1, 0.15) is 46.5 Å². The molecule has 2 aliphatic carbocycles. The van der Waals surface area contributed by atoms with Gasteiger partial charge in [0.05, 0.1) is 8.65 Å². The van der Waals surface area contributed by atoms with E-state index >= 15 is 0 Å². The molecular weight excluding hydrogens is 346 g/mol. The Kier molecular flexibility index (Phi) is 3.68. The number of alkyl halides is 2. The van der Waals surface area contributed by atoms with E-state index in [-0.39, 0.29) is 14.6 Å². The Balaban J connectivity index is 1.95. The Hall–Kier alpha value is 0.430. The van der Waals surface area contributed by atoms with Gasteiger partial charge < -0.3 is 5.32 Å². The quantitative estimate of drug-likeness (QED) is 0.739. The highest BCUT2D eigenvalue weighted by molar-refractivity contribution is 9.25. The molecule has 2 rings (SSSR count). The molecule has 4 heteroatoms. The zero-order valence-electron chi connectivity index (χ0n) is 10.7. The molecule has 2 nitrogen and oxygen atoms in total. The van der Waals surface area contributed by atoms with Crippen molar-refractivity contribution in [3.8, 4) is 0 Å². The molecule has 4 atom stereocenters. The van der Waals surface area contributed by atoms with E-state index in [9.17, 15) is 4.79 Å². The zero-order valence-corrected chi connectivity index (χ0v) is 13.9. The van der Waals surface area contributed by atoms with Crippen molar-refractivity contribution in [2.45, 2.75) is 55.7 Å². The minimum absolute atomic E-state index is 0.180. The van der Waals surface area contributed by atoms with Crippen LogP contribution in [0.5, 0.6) is 0 Å². The van der Waals surface area contributed by atoms with Crippen molar-refractivity contribution in [2.24, 2.45) is 17.3 Å². The minimum Gasteiger partial charge on any atom is -0.353 e. The Bertz CT molecular complexity index is 331. The second-order valence-electron chi connectivity index (χ2n) is 6.06. The first-order chi connectivity index (χ1) is 7.78. The molecule has 0 heterocycles. The second kappa shape index (κ2) is 4.52. The molecule has 0 spiro atoms. The van der Waals surface area contributed by atoms with E-state index < -0.39 is 0 Å². The van der Waals surface area contributed by atoms with Crippen molar-refractivity contribution in [1.29, 1.82) is 0 Å². The molecule has 17 heavy (non-hydrogen) atoms. The predicted molar refractivity (Wildman–Crippen MR) is 77.4 cm³/mol. The van der Waals surface area contributed by atoms with E-state index in [1.54, 1.807) is 0 Å². The van der Waals surface area contributed by atoms with E-state index in [1.807, 2.05) is 6.92 Å². The molecule has 0 aliphatic heterocycles. The van der Waals surface area contributed by atoms with Gasteiger partial charge in [0.25, 0.3) is 0 Å². The van der Waals surface area contributed by atoms with Crippen LogP contribution < -0.4 is 5.32 Å². The number of hydrogen-bond acceptors (Lipinski definition) is 1. The van der Waals surface area contributed by atoms with Crippen molar-refractivity contribution in [1.82, 2.24) is 5.32 Å². The molecule has 0 aromatic heterocycles. The van der Waals surface area contributed by atoms with Crippen molar-refractivity contribution in [3.05, 3.63) is 0 Å². The first kappa shape index (κ1) is 13.9. The topological polar surface area (TPSA) is 29.1 Å². The van der Waals surface area contributed by atoms with Gasteiger partial charge in [0.1, 0.15) is 0 Å². The Morgan fingerprint density at radius 2 is 1.88 bits per heavy atom. The number of carbonyl (C=O) groups is 1. The van der Waals surface area contributed by atoms with Crippen molar-refractivity contribution < 1.29 is 4.79 Å². The van der Waals surface area contributed by atoms with Crippen molar-refractivity contribution in [3.63, 3.8) is 0 Å². The Morgan fingerprint density at radius 3 is 2.41 bits per heavy atom. The average Bonchev–Trinajstić information content (AvgIpc) is 2.75. The number of hydrogen-bond donors (Lipinski definition) is 1. The lowest BCUT2D eigenvalue weighted by Crippen LogP contribution is -2.46. The number of nitrogens with one attached hydrogen (secondary N) is 1. The minimum atomic E-state index is -0.284. The van der Waals surface area contributed by atoms with Crippen LogP contribution in [0.4, 0.5) is 0 Å². The standard InChI is InChI=1S/C13H21Br2NO/c1-8-5-4-6-10(9(8)2)16-11(17)12(3)7-13(12,14)15/h8-10H,4-7H2,1-3H3,(H,16,17)/t8-,9+,10-,12-/m0/s1. The summed E-state index contributed by atoms with van der Waals surface area (Å²) < 4.78 is -0.180. The molecule has 0 radical (unpaired) electrons.